The van der Waals surface area contributed by atoms with Gasteiger partial charge in [-0.15, -0.1) is 15.3 Å². The Labute approximate surface area is 170 Å². The van der Waals surface area contributed by atoms with Gasteiger partial charge in [0.1, 0.15) is 24.6 Å². The van der Waals surface area contributed by atoms with Crippen LogP contribution in [0.5, 0.6) is 5.88 Å². The Morgan fingerprint density at radius 3 is 2.70 bits per heavy atom. The third-order valence-corrected chi connectivity index (χ3v) is 5.50. The first-order valence-corrected chi connectivity index (χ1v) is 9.77. The van der Waals surface area contributed by atoms with Gasteiger partial charge in [0.25, 0.3) is 0 Å². The Kier molecular flexibility index (Phi) is 4.61. The van der Waals surface area contributed by atoms with E-state index >= 15 is 0 Å². The van der Waals surface area contributed by atoms with Crippen LogP contribution in [-0.2, 0) is 13.7 Å². The molecule has 8 nitrogen and oxygen atoms in total. The van der Waals surface area contributed by atoms with Crippen molar-refractivity contribution < 1.29 is 13.5 Å². The number of halogens is 2. The van der Waals surface area contributed by atoms with Gasteiger partial charge in [-0.25, -0.2) is 13.8 Å². The number of hydrogen-bond donors (Lipinski definition) is 0. The quantitative estimate of drug-likeness (QED) is 0.500. The maximum Gasteiger partial charge on any atom is 0.235 e. The summed E-state index contributed by atoms with van der Waals surface area (Å²) in [6.07, 6.45) is 5.86. The van der Waals surface area contributed by atoms with E-state index in [0.29, 0.717) is 23.3 Å². The van der Waals surface area contributed by atoms with Gasteiger partial charge in [-0.2, -0.15) is 9.61 Å². The number of aromatic nitrogens is 7. The maximum absolute atomic E-state index is 14.3. The maximum atomic E-state index is 14.3. The van der Waals surface area contributed by atoms with Gasteiger partial charge in [0.05, 0.1) is 5.56 Å². The van der Waals surface area contributed by atoms with Crippen LogP contribution in [0.3, 0.4) is 0 Å². The highest BCUT2D eigenvalue weighted by molar-refractivity contribution is 5.60. The molecule has 0 amide bonds. The summed E-state index contributed by atoms with van der Waals surface area (Å²) in [7, 11) is 1.79. The lowest BCUT2D eigenvalue weighted by Gasteiger charge is -2.15. The highest BCUT2D eigenvalue weighted by Gasteiger charge is 2.25. The summed E-state index contributed by atoms with van der Waals surface area (Å²) in [4.78, 5) is 4.18. The third kappa shape index (κ3) is 3.27. The lowest BCUT2D eigenvalue weighted by Crippen LogP contribution is -2.10. The molecule has 0 radical (unpaired) electrons. The van der Waals surface area contributed by atoms with E-state index in [2.05, 4.69) is 25.4 Å². The van der Waals surface area contributed by atoms with Gasteiger partial charge < -0.3 is 4.74 Å². The Balaban J connectivity index is 1.59. The first-order chi connectivity index (χ1) is 14.6. The van der Waals surface area contributed by atoms with Crippen molar-refractivity contribution in [1.29, 1.82) is 0 Å². The first-order valence-electron chi connectivity index (χ1n) is 9.77. The topological polar surface area (TPSA) is 83.0 Å². The molecule has 1 fully saturated rings. The standard InChI is InChI=1S/C20H19F2N7O/c1-28-18(23-11-24-28)10-30-20-15(12-4-2-3-5-12)9-17-25-26-19(29(17)27-20)14-7-6-13(21)8-16(14)22/h6-9,11-12H,2-5,10H2,1H3. The minimum atomic E-state index is -0.729. The molecule has 0 unspecified atom stereocenters. The molecule has 3 heterocycles. The van der Waals surface area contributed by atoms with Crippen molar-refractivity contribution in [3.63, 3.8) is 0 Å². The van der Waals surface area contributed by atoms with E-state index in [1.54, 1.807) is 11.7 Å². The smallest absolute Gasteiger partial charge is 0.235 e. The van der Waals surface area contributed by atoms with Gasteiger partial charge in [-0.05, 0) is 37.0 Å². The number of nitrogens with zero attached hydrogens (tertiary/aromatic N) is 7. The molecule has 154 valence electrons. The van der Waals surface area contributed by atoms with Gasteiger partial charge in [0.2, 0.25) is 5.88 Å². The Hall–Kier alpha value is -3.43. The molecule has 4 aromatic rings. The number of benzene rings is 1. The van der Waals surface area contributed by atoms with E-state index in [-0.39, 0.29) is 18.0 Å². The zero-order valence-electron chi connectivity index (χ0n) is 16.3. The van der Waals surface area contributed by atoms with E-state index in [1.165, 1.54) is 23.0 Å². The van der Waals surface area contributed by atoms with Gasteiger partial charge in [-0.1, -0.05) is 12.8 Å². The molecule has 0 atom stereocenters. The molecule has 1 aromatic carbocycles. The molecule has 0 N–H and O–H groups in total. The van der Waals surface area contributed by atoms with Crippen molar-refractivity contribution in [2.45, 2.75) is 38.2 Å². The fourth-order valence-corrected chi connectivity index (χ4v) is 3.89. The zero-order valence-corrected chi connectivity index (χ0v) is 16.3. The van der Waals surface area contributed by atoms with E-state index in [0.717, 1.165) is 37.3 Å². The molecule has 1 saturated carbocycles. The molecule has 0 spiro atoms. The molecule has 10 heteroatoms. The zero-order chi connectivity index (χ0) is 20.7. The lowest BCUT2D eigenvalue weighted by atomic mass is 9.99. The van der Waals surface area contributed by atoms with Crippen LogP contribution in [0, 0.1) is 11.6 Å². The minimum Gasteiger partial charge on any atom is -0.468 e. The molecular weight excluding hydrogens is 392 g/mol. The molecule has 5 rings (SSSR count). The molecule has 1 aliphatic rings. The van der Waals surface area contributed by atoms with E-state index in [4.69, 9.17) is 4.74 Å². The summed E-state index contributed by atoms with van der Waals surface area (Å²) in [5.74, 6) is 0.203. The highest BCUT2D eigenvalue weighted by atomic mass is 19.1. The van der Waals surface area contributed by atoms with Crippen molar-refractivity contribution in [2.24, 2.45) is 7.05 Å². The van der Waals surface area contributed by atoms with Crippen molar-refractivity contribution in [3.05, 3.63) is 53.6 Å². The van der Waals surface area contributed by atoms with E-state index < -0.39 is 11.6 Å². The van der Waals surface area contributed by atoms with E-state index in [9.17, 15) is 8.78 Å². The van der Waals surface area contributed by atoms with Crippen LogP contribution in [0.15, 0.2) is 30.6 Å². The highest BCUT2D eigenvalue weighted by Crippen LogP contribution is 2.39. The predicted octanol–water partition coefficient (Wildman–Crippen LogP) is 3.43. The molecule has 3 aromatic heterocycles. The van der Waals surface area contributed by atoms with Crippen LogP contribution in [0.25, 0.3) is 17.0 Å². The van der Waals surface area contributed by atoms with Gasteiger partial charge >= 0.3 is 0 Å². The summed E-state index contributed by atoms with van der Waals surface area (Å²) in [6, 6.07) is 5.22. The third-order valence-electron chi connectivity index (χ3n) is 5.50. The summed E-state index contributed by atoms with van der Waals surface area (Å²) >= 11 is 0. The Morgan fingerprint density at radius 1 is 1.13 bits per heavy atom. The molecule has 0 aliphatic heterocycles. The SMILES string of the molecule is Cn1ncnc1COc1nn2c(-c3ccc(F)cc3F)nnc2cc1C1CCCC1. The average Bonchev–Trinajstić information content (AvgIpc) is 3.47. The first kappa shape index (κ1) is 18.6. The number of ether oxygens (including phenoxy) is 1. The van der Waals surface area contributed by atoms with Crippen LogP contribution >= 0.6 is 0 Å². The van der Waals surface area contributed by atoms with Gasteiger partial charge in [0.15, 0.2) is 17.3 Å². The molecule has 30 heavy (non-hydrogen) atoms. The predicted molar refractivity (Wildman–Crippen MR) is 103 cm³/mol. The van der Waals surface area contributed by atoms with Crippen molar-refractivity contribution in [3.8, 4) is 17.3 Å². The van der Waals surface area contributed by atoms with Crippen molar-refractivity contribution in [1.82, 2.24) is 34.6 Å². The lowest BCUT2D eigenvalue weighted by molar-refractivity contribution is 0.269. The van der Waals surface area contributed by atoms with Crippen molar-refractivity contribution in [2.75, 3.05) is 0 Å². The van der Waals surface area contributed by atoms with Gasteiger partial charge in [-0.3, -0.25) is 4.68 Å². The number of aryl methyl sites for hydroxylation is 1. The molecule has 0 saturated heterocycles. The summed E-state index contributed by atoms with van der Waals surface area (Å²) in [6.45, 7) is 0.192. The molecule has 0 bridgehead atoms. The molecule has 1 aliphatic carbocycles. The summed E-state index contributed by atoms with van der Waals surface area (Å²) in [5, 5.41) is 16.9. The Morgan fingerprint density at radius 2 is 1.97 bits per heavy atom. The fraction of sp³-hybridized carbons (Fsp3) is 0.350. The Bertz CT molecular complexity index is 1210. The van der Waals surface area contributed by atoms with Crippen LogP contribution < -0.4 is 4.74 Å². The monoisotopic (exact) mass is 411 g/mol. The number of rotatable bonds is 5. The number of fused-ring (bicyclic) bond motifs is 1. The van der Waals surface area contributed by atoms with Gasteiger partial charge in [0, 0.05) is 18.7 Å². The summed E-state index contributed by atoms with van der Waals surface area (Å²) in [5.41, 5.74) is 1.56. The largest absolute Gasteiger partial charge is 0.468 e. The van der Waals surface area contributed by atoms with Crippen LogP contribution in [0.4, 0.5) is 8.78 Å². The minimum absolute atomic E-state index is 0.115. The second-order valence-electron chi connectivity index (χ2n) is 7.39. The van der Waals surface area contributed by atoms with Crippen LogP contribution in [-0.4, -0.2) is 34.6 Å². The van der Waals surface area contributed by atoms with Crippen LogP contribution in [0.1, 0.15) is 43.0 Å². The normalized spacial score (nSPS) is 14.6. The van der Waals surface area contributed by atoms with Crippen LogP contribution in [0.2, 0.25) is 0 Å². The fourth-order valence-electron chi connectivity index (χ4n) is 3.89. The molecular formula is C20H19F2N7O. The van der Waals surface area contributed by atoms with E-state index in [1.807, 2.05) is 6.07 Å². The number of hydrogen-bond acceptors (Lipinski definition) is 6. The summed E-state index contributed by atoms with van der Waals surface area (Å²) < 4.78 is 36.8. The van der Waals surface area contributed by atoms with Crippen molar-refractivity contribution >= 4 is 5.65 Å². The second-order valence-corrected chi connectivity index (χ2v) is 7.39. The average molecular weight is 411 g/mol. The second kappa shape index (κ2) is 7.43.